The van der Waals surface area contributed by atoms with E-state index in [0.717, 1.165) is 44.9 Å². The summed E-state index contributed by atoms with van der Waals surface area (Å²) in [5.74, 6) is 3.25. The van der Waals surface area contributed by atoms with Crippen LogP contribution in [-0.4, -0.2) is 22.8 Å². The van der Waals surface area contributed by atoms with Crippen molar-refractivity contribution in [3.8, 4) is 0 Å². The number of fused-ring (bicyclic) bond motifs is 5. The second kappa shape index (κ2) is 5.93. The number of rotatable bonds is 2. The number of hydrogen-bond acceptors (Lipinski definition) is 3. The Labute approximate surface area is 145 Å². The van der Waals surface area contributed by atoms with Crippen molar-refractivity contribution >= 4 is 11.6 Å². The van der Waals surface area contributed by atoms with Crippen LogP contribution in [0.5, 0.6) is 0 Å². The molecule has 3 nitrogen and oxygen atoms in total. The molecule has 8 atom stereocenters. The lowest BCUT2D eigenvalue weighted by molar-refractivity contribution is -0.151. The van der Waals surface area contributed by atoms with Crippen LogP contribution in [0.15, 0.2) is 0 Å². The van der Waals surface area contributed by atoms with Gasteiger partial charge in [-0.15, -0.1) is 0 Å². The van der Waals surface area contributed by atoms with Gasteiger partial charge >= 0.3 is 0 Å². The average molecular weight is 332 g/mol. The zero-order valence-corrected chi connectivity index (χ0v) is 15.2. The molecule has 134 valence electrons. The molecule has 4 rings (SSSR count). The summed E-state index contributed by atoms with van der Waals surface area (Å²) in [7, 11) is 0. The number of aliphatic hydroxyl groups excluding tert-OH is 1. The van der Waals surface area contributed by atoms with Crippen molar-refractivity contribution < 1.29 is 14.7 Å². The van der Waals surface area contributed by atoms with Crippen LogP contribution in [0, 0.1) is 40.9 Å². The monoisotopic (exact) mass is 332 g/mol. The zero-order valence-electron chi connectivity index (χ0n) is 15.2. The van der Waals surface area contributed by atoms with Crippen LogP contribution in [0.1, 0.15) is 71.6 Å². The van der Waals surface area contributed by atoms with E-state index in [9.17, 15) is 14.7 Å². The third-order valence-electron chi connectivity index (χ3n) is 8.55. The lowest BCUT2D eigenvalue weighted by atomic mass is 9.48. The van der Waals surface area contributed by atoms with E-state index in [-0.39, 0.29) is 23.4 Å². The van der Waals surface area contributed by atoms with Gasteiger partial charge in [0.1, 0.15) is 11.6 Å². The first kappa shape index (κ1) is 16.8. The van der Waals surface area contributed by atoms with Gasteiger partial charge in [0.25, 0.3) is 0 Å². The highest BCUT2D eigenvalue weighted by atomic mass is 16.3. The highest BCUT2D eigenvalue weighted by Crippen LogP contribution is 2.64. The van der Waals surface area contributed by atoms with Crippen molar-refractivity contribution in [1.29, 1.82) is 0 Å². The van der Waals surface area contributed by atoms with Crippen molar-refractivity contribution in [2.24, 2.45) is 40.9 Å². The molecule has 24 heavy (non-hydrogen) atoms. The molecule has 4 fully saturated rings. The van der Waals surface area contributed by atoms with Gasteiger partial charge in [-0.3, -0.25) is 9.59 Å². The Morgan fingerprint density at radius 1 is 1.12 bits per heavy atom. The van der Waals surface area contributed by atoms with Crippen LogP contribution in [0.3, 0.4) is 0 Å². The summed E-state index contributed by atoms with van der Waals surface area (Å²) in [6, 6.07) is 0. The zero-order chi connectivity index (χ0) is 17.1. The molecule has 4 aliphatic carbocycles. The van der Waals surface area contributed by atoms with Crippen LogP contribution in [0.2, 0.25) is 0 Å². The van der Waals surface area contributed by atoms with E-state index in [1.165, 1.54) is 6.42 Å². The molecule has 1 N–H and O–H groups in total. The van der Waals surface area contributed by atoms with E-state index in [0.29, 0.717) is 41.7 Å². The van der Waals surface area contributed by atoms with Gasteiger partial charge in [-0.25, -0.2) is 0 Å². The molecule has 4 saturated carbocycles. The minimum atomic E-state index is -0.148. The summed E-state index contributed by atoms with van der Waals surface area (Å²) in [5.41, 5.74) is -0.0366. The Bertz CT molecular complexity index is 541. The molecule has 0 heterocycles. The van der Waals surface area contributed by atoms with E-state index in [1.807, 2.05) is 0 Å². The van der Waals surface area contributed by atoms with E-state index in [4.69, 9.17) is 0 Å². The molecule has 0 unspecified atom stereocenters. The molecule has 0 spiro atoms. The predicted molar refractivity (Wildman–Crippen MR) is 92.3 cm³/mol. The average Bonchev–Trinajstić information content (AvgIpc) is 2.94. The maximum Gasteiger partial charge on any atom is 0.137 e. The molecule has 0 aromatic rings. The number of ketones is 2. The fourth-order valence-electron chi connectivity index (χ4n) is 7.66. The van der Waals surface area contributed by atoms with Crippen molar-refractivity contribution in [3.05, 3.63) is 0 Å². The van der Waals surface area contributed by atoms with Gasteiger partial charge in [0, 0.05) is 18.3 Å². The first-order valence-corrected chi connectivity index (χ1v) is 10.2. The van der Waals surface area contributed by atoms with Gasteiger partial charge in [-0.05, 0) is 87.4 Å². The quantitative estimate of drug-likeness (QED) is 0.837. The Morgan fingerprint density at radius 2 is 1.88 bits per heavy atom. The number of carbonyl (C=O) groups is 2. The lowest BCUT2D eigenvalue weighted by Crippen LogP contribution is -2.54. The maximum absolute atomic E-state index is 13.3. The lowest BCUT2D eigenvalue weighted by Gasteiger charge is -2.55. The van der Waals surface area contributed by atoms with Crippen molar-refractivity contribution in [2.75, 3.05) is 0 Å². The Hall–Kier alpha value is -0.700. The van der Waals surface area contributed by atoms with Gasteiger partial charge in [-0.2, -0.15) is 0 Å². The maximum atomic E-state index is 13.3. The molecule has 0 bridgehead atoms. The van der Waals surface area contributed by atoms with E-state index in [1.54, 1.807) is 6.92 Å². The Morgan fingerprint density at radius 3 is 2.58 bits per heavy atom. The number of Topliss-reactive ketones (excluding diaryl/α,β-unsaturated/α-hetero) is 2. The summed E-state index contributed by atoms with van der Waals surface area (Å²) in [4.78, 5) is 25.5. The van der Waals surface area contributed by atoms with Crippen LogP contribution >= 0.6 is 0 Å². The second-order valence-electron chi connectivity index (χ2n) is 9.23. The van der Waals surface area contributed by atoms with Gasteiger partial charge in [0.15, 0.2) is 0 Å². The topological polar surface area (TPSA) is 54.4 Å². The normalized spacial score (nSPS) is 50.8. The van der Waals surface area contributed by atoms with Gasteiger partial charge < -0.3 is 5.11 Å². The molecule has 0 aliphatic heterocycles. The largest absolute Gasteiger partial charge is 0.393 e. The Kier molecular flexibility index (Phi) is 4.14. The molecule has 0 aromatic carbocycles. The molecule has 0 aromatic heterocycles. The molecule has 0 saturated heterocycles. The van der Waals surface area contributed by atoms with Crippen LogP contribution in [0.4, 0.5) is 0 Å². The van der Waals surface area contributed by atoms with Crippen LogP contribution < -0.4 is 0 Å². The molecule has 0 amide bonds. The minimum Gasteiger partial charge on any atom is -0.393 e. The highest BCUT2D eigenvalue weighted by Gasteiger charge is 2.61. The van der Waals surface area contributed by atoms with Crippen molar-refractivity contribution in [3.63, 3.8) is 0 Å². The molecule has 3 heteroatoms. The van der Waals surface area contributed by atoms with Crippen LogP contribution in [0.25, 0.3) is 0 Å². The van der Waals surface area contributed by atoms with Gasteiger partial charge in [0.05, 0.1) is 6.10 Å². The van der Waals surface area contributed by atoms with Crippen molar-refractivity contribution in [2.45, 2.75) is 77.7 Å². The first-order valence-electron chi connectivity index (χ1n) is 10.2. The number of aliphatic hydroxyl groups is 1. The highest BCUT2D eigenvalue weighted by molar-refractivity contribution is 5.86. The Balaban J connectivity index is 1.65. The molecular formula is C21H32O3. The summed E-state index contributed by atoms with van der Waals surface area (Å²) in [6.07, 6.45) is 8.74. The van der Waals surface area contributed by atoms with Crippen LogP contribution in [-0.2, 0) is 9.59 Å². The third-order valence-corrected chi connectivity index (χ3v) is 8.55. The molecule has 0 radical (unpaired) electrons. The summed E-state index contributed by atoms with van der Waals surface area (Å²) in [5, 5.41) is 10.0. The second-order valence-corrected chi connectivity index (χ2v) is 9.23. The minimum absolute atomic E-state index is 0.0366. The van der Waals surface area contributed by atoms with E-state index >= 15 is 0 Å². The number of hydrogen-bond donors (Lipinski definition) is 1. The third kappa shape index (κ3) is 2.26. The smallest absolute Gasteiger partial charge is 0.137 e. The van der Waals surface area contributed by atoms with E-state index in [2.05, 4.69) is 6.92 Å². The SMILES string of the molecule is CC[C@]12CC(=O)[C@H]3[C@@H](CC[C@H]4C[C@H](O)CC[C@@H]43)[C@@H]1CC[C@@H]2C(C)=O. The van der Waals surface area contributed by atoms with Crippen molar-refractivity contribution in [1.82, 2.24) is 0 Å². The van der Waals surface area contributed by atoms with Gasteiger partial charge in [0.2, 0.25) is 0 Å². The predicted octanol–water partition coefficient (Wildman–Crippen LogP) is 3.77. The summed E-state index contributed by atoms with van der Waals surface area (Å²) >= 11 is 0. The summed E-state index contributed by atoms with van der Waals surface area (Å²) < 4.78 is 0. The first-order chi connectivity index (χ1) is 11.5. The molecular weight excluding hydrogens is 300 g/mol. The fraction of sp³-hybridized carbons (Fsp3) is 0.905. The van der Waals surface area contributed by atoms with Gasteiger partial charge in [-0.1, -0.05) is 6.92 Å². The standard InChI is InChI=1S/C21H32O3/c1-3-21-11-19(24)20-15-7-5-14(23)10-13(15)4-6-16(20)18(21)9-8-17(21)12(2)22/h13-18,20,23H,3-11H2,1-2H3/t13-,14+,15-,16-,17+,18-,20+,21+/m0/s1. The fourth-order valence-corrected chi connectivity index (χ4v) is 7.66. The van der Waals surface area contributed by atoms with E-state index < -0.39 is 0 Å². The summed E-state index contributed by atoms with van der Waals surface area (Å²) in [6.45, 7) is 3.94. The number of carbonyl (C=O) groups excluding carboxylic acids is 2. The molecule has 4 aliphatic rings.